The average Bonchev–Trinajstić information content (AvgIpc) is 3.32. The summed E-state index contributed by atoms with van der Waals surface area (Å²) in [7, 11) is 1.92. The number of rotatable bonds is 1. The number of halogens is 1. The minimum atomic E-state index is -1.05. The van der Waals surface area contributed by atoms with Crippen LogP contribution in [0, 0.1) is 11.3 Å². The van der Waals surface area contributed by atoms with Crippen LogP contribution in [0.4, 0.5) is 0 Å². The van der Waals surface area contributed by atoms with Gasteiger partial charge < -0.3 is 15.0 Å². The lowest BCUT2D eigenvalue weighted by atomic mass is 9.79. The van der Waals surface area contributed by atoms with E-state index in [9.17, 15) is 5.26 Å². The van der Waals surface area contributed by atoms with Gasteiger partial charge in [-0.1, -0.05) is 35.9 Å². The van der Waals surface area contributed by atoms with E-state index in [1.165, 1.54) is 0 Å². The van der Waals surface area contributed by atoms with Crippen LogP contribution in [-0.2, 0) is 19.2 Å². The Kier molecular flexibility index (Phi) is 4.85. The minimum Gasteiger partial charge on any atom is -0.489 e. The van der Waals surface area contributed by atoms with Crippen LogP contribution >= 0.6 is 11.6 Å². The summed E-state index contributed by atoms with van der Waals surface area (Å²) in [5.74, 6) is 0.693. The summed E-state index contributed by atoms with van der Waals surface area (Å²) in [5, 5.41) is 11.1. The number of aromatic nitrogens is 3. The highest BCUT2D eigenvalue weighted by Gasteiger charge is 2.36. The molecule has 1 aliphatic heterocycles. The first-order valence-corrected chi connectivity index (χ1v) is 11.5. The van der Waals surface area contributed by atoms with Gasteiger partial charge in [0.2, 0.25) is 0 Å². The first kappa shape index (κ1) is 21.4. The molecule has 2 aromatic heterocycles. The Morgan fingerprint density at radius 3 is 2.71 bits per heavy atom. The normalized spacial score (nSPS) is 16.6. The van der Waals surface area contributed by atoms with Gasteiger partial charge in [-0.3, -0.25) is 0 Å². The Hall–Kier alpha value is -4.18. The predicted molar refractivity (Wildman–Crippen MR) is 135 cm³/mol. The predicted octanol–water partition coefficient (Wildman–Crippen LogP) is 5.30. The summed E-state index contributed by atoms with van der Waals surface area (Å²) in [4.78, 5) is 8.90. The fourth-order valence-electron chi connectivity index (χ4n) is 4.86. The van der Waals surface area contributed by atoms with Gasteiger partial charge in [0.05, 0.1) is 35.4 Å². The summed E-state index contributed by atoms with van der Waals surface area (Å²) in [5.41, 5.74) is 12.7. The lowest BCUT2D eigenvalue weighted by molar-refractivity contribution is 0.306. The van der Waals surface area contributed by atoms with Crippen LogP contribution in [0.5, 0.6) is 5.75 Å². The Labute approximate surface area is 207 Å². The third-order valence-corrected chi connectivity index (χ3v) is 6.87. The Morgan fingerprint density at radius 1 is 1.09 bits per heavy atom. The molecule has 1 atom stereocenters. The molecule has 2 N–H and O–H groups in total. The smallest absolute Gasteiger partial charge is 0.130 e. The van der Waals surface area contributed by atoms with E-state index in [-0.39, 0.29) is 6.61 Å². The fourth-order valence-corrected chi connectivity index (χ4v) is 5.06. The second-order valence-corrected chi connectivity index (χ2v) is 9.11. The van der Waals surface area contributed by atoms with Crippen molar-refractivity contribution >= 4 is 22.5 Å². The maximum Gasteiger partial charge on any atom is 0.130 e. The molecule has 170 valence electrons. The summed E-state index contributed by atoms with van der Waals surface area (Å²) in [6, 6.07) is 23.6. The van der Waals surface area contributed by atoms with Gasteiger partial charge in [0.25, 0.3) is 0 Å². The van der Waals surface area contributed by atoms with Gasteiger partial charge in [0.15, 0.2) is 0 Å². The van der Waals surface area contributed by atoms with Crippen molar-refractivity contribution in [1.29, 1.82) is 5.26 Å². The van der Waals surface area contributed by atoms with Crippen LogP contribution in [0.1, 0.15) is 27.9 Å². The van der Waals surface area contributed by atoms with Crippen molar-refractivity contribution in [2.24, 2.45) is 12.8 Å². The average molecular weight is 478 g/mol. The van der Waals surface area contributed by atoms with E-state index in [2.05, 4.69) is 22.1 Å². The number of nitriles is 1. The second kappa shape index (κ2) is 7.95. The summed E-state index contributed by atoms with van der Waals surface area (Å²) < 4.78 is 8.07. The molecule has 0 amide bonds. The number of aryl methyl sites for hydroxylation is 1. The number of benzene rings is 3. The van der Waals surface area contributed by atoms with Gasteiger partial charge in [-0.05, 0) is 64.7 Å². The number of fused-ring (bicyclic) bond motifs is 6. The second-order valence-electron chi connectivity index (χ2n) is 8.72. The van der Waals surface area contributed by atoms with Crippen LogP contribution in [0.15, 0.2) is 79.3 Å². The molecule has 6 bridgehead atoms. The first-order valence-electron chi connectivity index (χ1n) is 11.1. The third-order valence-electron chi connectivity index (χ3n) is 6.67. The molecule has 0 saturated carbocycles. The lowest BCUT2D eigenvalue weighted by Crippen LogP contribution is -2.41. The molecule has 0 spiro atoms. The van der Waals surface area contributed by atoms with Crippen LogP contribution in [0.3, 0.4) is 0 Å². The molecule has 0 saturated heterocycles. The topological polar surface area (TPSA) is 89.8 Å². The molecule has 1 unspecified atom stereocenters. The lowest BCUT2D eigenvalue weighted by Gasteiger charge is -2.32. The van der Waals surface area contributed by atoms with Crippen LogP contribution in [-0.4, -0.2) is 14.5 Å². The molecule has 0 fully saturated rings. The molecule has 35 heavy (non-hydrogen) atoms. The van der Waals surface area contributed by atoms with Crippen molar-refractivity contribution in [1.82, 2.24) is 14.5 Å². The van der Waals surface area contributed by atoms with Gasteiger partial charge in [-0.15, -0.1) is 0 Å². The summed E-state index contributed by atoms with van der Waals surface area (Å²) in [6.07, 6.45) is 3.51. The van der Waals surface area contributed by atoms with Crippen molar-refractivity contribution in [3.8, 4) is 22.9 Å². The van der Waals surface area contributed by atoms with Crippen molar-refractivity contribution in [2.75, 3.05) is 0 Å². The number of hydrogen-bond donors (Lipinski definition) is 1. The molecule has 7 heteroatoms. The SMILES string of the molecule is Cn1cncc1C1(N)c2ccc(C#N)c(c2)COc2cccc(c2)-c2cc(Cl)nc3ccc1cc23. The highest BCUT2D eigenvalue weighted by atomic mass is 35.5. The largest absolute Gasteiger partial charge is 0.489 e. The molecule has 1 aliphatic rings. The Bertz CT molecular complexity index is 1670. The van der Waals surface area contributed by atoms with Gasteiger partial charge in [-0.2, -0.15) is 5.26 Å². The van der Waals surface area contributed by atoms with E-state index in [0.717, 1.165) is 44.4 Å². The number of nitrogens with zero attached hydrogens (tertiary/aromatic N) is 4. The maximum absolute atomic E-state index is 9.75. The van der Waals surface area contributed by atoms with Crippen molar-refractivity contribution in [3.05, 3.63) is 112 Å². The molecule has 0 radical (unpaired) electrons. The van der Waals surface area contributed by atoms with E-state index in [1.54, 1.807) is 18.6 Å². The molecular weight excluding hydrogens is 458 g/mol. The minimum absolute atomic E-state index is 0.228. The van der Waals surface area contributed by atoms with Crippen LogP contribution < -0.4 is 10.5 Å². The molecule has 3 aromatic carbocycles. The number of hydrogen-bond acceptors (Lipinski definition) is 5. The van der Waals surface area contributed by atoms with Crippen LogP contribution in [0.25, 0.3) is 22.0 Å². The maximum atomic E-state index is 9.75. The highest BCUT2D eigenvalue weighted by Crippen LogP contribution is 2.39. The van der Waals surface area contributed by atoms with E-state index >= 15 is 0 Å². The zero-order valence-corrected chi connectivity index (χ0v) is 19.6. The number of ether oxygens (including phenoxy) is 1. The molecule has 0 aliphatic carbocycles. The number of nitrogens with two attached hydrogens (primary N) is 1. The van der Waals surface area contributed by atoms with E-state index in [1.807, 2.05) is 66.2 Å². The number of pyridine rings is 1. The van der Waals surface area contributed by atoms with Gasteiger partial charge in [0, 0.05) is 18.0 Å². The van der Waals surface area contributed by atoms with Crippen molar-refractivity contribution < 1.29 is 4.74 Å². The van der Waals surface area contributed by atoms with E-state index < -0.39 is 5.54 Å². The standard InChI is InChI=1S/C28H20ClN5O/c1-34-16-32-14-26(34)28(31)20-6-5-18(13-30)19(9-20)15-35-22-4-2-3-17(10-22)23-12-27(29)33-25-8-7-21(28)11-24(23)25/h2-12,14,16H,15,31H2,1H3. The first-order chi connectivity index (χ1) is 17.0. The zero-order valence-electron chi connectivity index (χ0n) is 18.9. The van der Waals surface area contributed by atoms with Crippen molar-refractivity contribution in [3.63, 3.8) is 0 Å². The van der Waals surface area contributed by atoms with E-state index in [4.69, 9.17) is 22.1 Å². The van der Waals surface area contributed by atoms with Gasteiger partial charge in [-0.25, -0.2) is 9.97 Å². The highest BCUT2D eigenvalue weighted by molar-refractivity contribution is 6.30. The summed E-state index contributed by atoms with van der Waals surface area (Å²) >= 11 is 6.42. The summed E-state index contributed by atoms with van der Waals surface area (Å²) in [6.45, 7) is 0.228. The molecule has 3 heterocycles. The zero-order chi connectivity index (χ0) is 24.2. The Morgan fingerprint density at radius 2 is 1.91 bits per heavy atom. The van der Waals surface area contributed by atoms with Crippen molar-refractivity contribution in [2.45, 2.75) is 12.1 Å². The van der Waals surface area contributed by atoms with Crippen LogP contribution in [0.2, 0.25) is 5.15 Å². The van der Waals surface area contributed by atoms with Gasteiger partial charge in [0.1, 0.15) is 23.0 Å². The monoisotopic (exact) mass is 477 g/mol. The van der Waals surface area contributed by atoms with E-state index in [0.29, 0.717) is 16.5 Å². The molecule has 6 rings (SSSR count). The third kappa shape index (κ3) is 3.36. The molecule has 6 nitrogen and oxygen atoms in total. The molecule has 5 aromatic rings. The number of imidazole rings is 1. The fraction of sp³-hybridized carbons (Fsp3) is 0.107. The Balaban J connectivity index is 1.74. The molecular formula is C28H20ClN5O. The van der Waals surface area contributed by atoms with Gasteiger partial charge >= 0.3 is 0 Å². The quantitative estimate of drug-likeness (QED) is 0.331.